The van der Waals surface area contributed by atoms with E-state index in [2.05, 4.69) is 4.72 Å². The molecule has 1 N–H and O–H groups in total. The molecule has 0 saturated carbocycles. The Morgan fingerprint density at radius 3 is 2.13 bits per heavy atom. The van der Waals surface area contributed by atoms with E-state index in [1.54, 1.807) is 0 Å². The maximum absolute atomic E-state index is 12.4. The second kappa shape index (κ2) is 6.38. The molecule has 23 heavy (non-hydrogen) atoms. The van der Waals surface area contributed by atoms with Crippen LogP contribution in [0.4, 0.5) is 5.69 Å². The number of carbonyl (C=O) groups is 2. The minimum Gasteiger partial charge on any atom is -0.381 e. The molecule has 7 nitrogen and oxygen atoms in total. The van der Waals surface area contributed by atoms with E-state index in [9.17, 15) is 18.0 Å². The number of ether oxygens (including phenoxy) is 1. The molecule has 3 rings (SSSR count). The number of hydrogen-bond acceptors (Lipinski definition) is 5. The molecule has 0 radical (unpaired) electrons. The normalized spacial score (nSPS) is 20.3. The van der Waals surface area contributed by atoms with Crippen LogP contribution in [-0.4, -0.2) is 39.5 Å². The van der Waals surface area contributed by atoms with Crippen molar-refractivity contribution in [1.29, 1.82) is 0 Å². The highest BCUT2D eigenvalue weighted by molar-refractivity contribution is 7.89. The van der Waals surface area contributed by atoms with Crippen LogP contribution in [0.15, 0.2) is 29.2 Å². The number of carbonyl (C=O) groups excluding carboxylic acids is 2. The largest absolute Gasteiger partial charge is 0.381 e. The molecule has 124 valence electrons. The Labute approximate surface area is 134 Å². The van der Waals surface area contributed by atoms with Gasteiger partial charge in [0.2, 0.25) is 21.8 Å². The molecule has 1 aromatic rings. The number of nitrogens with one attached hydrogen (secondary N) is 1. The van der Waals surface area contributed by atoms with Crippen LogP contribution < -0.4 is 9.62 Å². The molecule has 1 aromatic carbocycles. The van der Waals surface area contributed by atoms with E-state index in [4.69, 9.17) is 4.74 Å². The van der Waals surface area contributed by atoms with E-state index in [0.29, 0.717) is 31.7 Å². The van der Waals surface area contributed by atoms with Crippen LogP contribution in [0.1, 0.15) is 25.7 Å². The van der Waals surface area contributed by atoms with E-state index in [0.717, 1.165) is 4.90 Å². The third-order valence-electron chi connectivity index (χ3n) is 4.00. The van der Waals surface area contributed by atoms with Gasteiger partial charge < -0.3 is 4.74 Å². The second-order valence-corrected chi connectivity index (χ2v) is 7.34. The second-order valence-electron chi connectivity index (χ2n) is 5.62. The van der Waals surface area contributed by atoms with E-state index in [1.807, 2.05) is 0 Å². The lowest BCUT2D eigenvalue weighted by Crippen LogP contribution is -2.38. The van der Waals surface area contributed by atoms with Crippen LogP contribution in [0.25, 0.3) is 0 Å². The van der Waals surface area contributed by atoms with Crippen LogP contribution in [0, 0.1) is 0 Å². The van der Waals surface area contributed by atoms with Crippen molar-refractivity contribution in [3.63, 3.8) is 0 Å². The Hall–Kier alpha value is -1.77. The molecule has 0 aliphatic carbocycles. The molecule has 2 amide bonds. The Kier molecular flexibility index (Phi) is 4.47. The standard InChI is InChI=1S/C15H18N2O5S/c18-14-5-6-15(19)17(14)12-1-3-13(4-2-12)23(20,21)16-11-7-9-22-10-8-11/h1-4,11,16H,5-10H2. The van der Waals surface area contributed by atoms with Crippen molar-refractivity contribution in [2.24, 2.45) is 0 Å². The van der Waals surface area contributed by atoms with Crippen molar-refractivity contribution in [2.75, 3.05) is 18.1 Å². The van der Waals surface area contributed by atoms with Crippen molar-refractivity contribution in [2.45, 2.75) is 36.6 Å². The molecular weight excluding hydrogens is 320 g/mol. The summed E-state index contributed by atoms with van der Waals surface area (Å²) in [4.78, 5) is 24.6. The van der Waals surface area contributed by atoms with Gasteiger partial charge in [-0.05, 0) is 37.1 Å². The monoisotopic (exact) mass is 338 g/mol. The Morgan fingerprint density at radius 1 is 1.00 bits per heavy atom. The SMILES string of the molecule is O=C1CCC(=O)N1c1ccc(S(=O)(=O)NC2CCOCC2)cc1. The average molecular weight is 338 g/mol. The molecular formula is C15H18N2O5S. The summed E-state index contributed by atoms with van der Waals surface area (Å²) in [6.07, 6.45) is 1.69. The summed E-state index contributed by atoms with van der Waals surface area (Å²) < 4.78 is 32.6. The number of imide groups is 1. The summed E-state index contributed by atoms with van der Waals surface area (Å²) in [5.74, 6) is -0.517. The van der Waals surface area contributed by atoms with Crippen molar-refractivity contribution in [3.05, 3.63) is 24.3 Å². The lowest BCUT2D eigenvalue weighted by atomic mass is 10.1. The molecule has 2 saturated heterocycles. The number of sulfonamides is 1. The molecule has 2 heterocycles. The number of amides is 2. The Bertz CT molecular complexity index is 692. The maximum atomic E-state index is 12.4. The van der Waals surface area contributed by atoms with Crippen molar-refractivity contribution >= 4 is 27.5 Å². The third-order valence-corrected chi connectivity index (χ3v) is 5.54. The Morgan fingerprint density at radius 2 is 1.57 bits per heavy atom. The molecule has 0 bridgehead atoms. The number of anilines is 1. The van der Waals surface area contributed by atoms with Crippen molar-refractivity contribution in [1.82, 2.24) is 4.72 Å². The van der Waals surface area contributed by atoms with Crippen LogP contribution >= 0.6 is 0 Å². The third kappa shape index (κ3) is 3.44. The predicted octanol–water partition coefficient (Wildman–Crippen LogP) is 0.797. The quantitative estimate of drug-likeness (QED) is 0.820. The first-order chi connectivity index (χ1) is 11.0. The van der Waals surface area contributed by atoms with Gasteiger partial charge in [0.1, 0.15) is 0 Å². The summed E-state index contributed by atoms with van der Waals surface area (Å²) in [6, 6.07) is 5.67. The van der Waals surface area contributed by atoms with E-state index >= 15 is 0 Å². The molecule has 0 atom stereocenters. The summed E-state index contributed by atoms with van der Waals surface area (Å²) >= 11 is 0. The van der Waals surface area contributed by atoms with Crippen molar-refractivity contribution in [3.8, 4) is 0 Å². The van der Waals surface area contributed by atoms with Gasteiger partial charge in [0.15, 0.2) is 0 Å². The molecule has 0 unspecified atom stereocenters. The van der Waals surface area contributed by atoms with Crippen LogP contribution in [-0.2, 0) is 24.3 Å². The summed E-state index contributed by atoms with van der Waals surface area (Å²) in [5.41, 5.74) is 0.405. The maximum Gasteiger partial charge on any atom is 0.240 e. The number of nitrogens with zero attached hydrogens (tertiary/aromatic N) is 1. The van der Waals surface area contributed by atoms with Crippen molar-refractivity contribution < 1.29 is 22.7 Å². The van der Waals surface area contributed by atoms with E-state index < -0.39 is 10.0 Å². The molecule has 0 aromatic heterocycles. The zero-order chi connectivity index (χ0) is 16.4. The summed E-state index contributed by atoms with van der Waals surface area (Å²) in [5, 5.41) is 0. The highest BCUT2D eigenvalue weighted by atomic mass is 32.2. The van der Waals surface area contributed by atoms with Gasteiger partial charge in [-0.15, -0.1) is 0 Å². The molecule has 2 fully saturated rings. The summed E-state index contributed by atoms with van der Waals surface area (Å²) in [7, 11) is -3.62. The lowest BCUT2D eigenvalue weighted by Gasteiger charge is -2.23. The summed E-state index contributed by atoms with van der Waals surface area (Å²) in [6.45, 7) is 1.09. The Balaban J connectivity index is 1.75. The fraction of sp³-hybridized carbons (Fsp3) is 0.467. The van der Waals surface area contributed by atoms with Gasteiger partial charge in [0.05, 0.1) is 10.6 Å². The van der Waals surface area contributed by atoms with Crippen LogP contribution in [0.5, 0.6) is 0 Å². The van der Waals surface area contributed by atoms with Gasteiger partial charge in [-0.3, -0.25) is 14.5 Å². The molecule has 0 spiro atoms. The first-order valence-electron chi connectivity index (χ1n) is 7.53. The first-order valence-corrected chi connectivity index (χ1v) is 9.01. The van der Waals surface area contributed by atoms with Gasteiger partial charge in [0, 0.05) is 32.1 Å². The van der Waals surface area contributed by atoms with Crippen LogP contribution in [0.2, 0.25) is 0 Å². The smallest absolute Gasteiger partial charge is 0.240 e. The zero-order valence-electron chi connectivity index (χ0n) is 12.5. The van der Waals surface area contributed by atoms with Crippen LogP contribution in [0.3, 0.4) is 0 Å². The fourth-order valence-electron chi connectivity index (χ4n) is 2.74. The molecule has 8 heteroatoms. The van der Waals surface area contributed by atoms with Gasteiger partial charge >= 0.3 is 0 Å². The van der Waals surface area contributed by atoms with Gasteiger partial charge in [-0.2, -0.15) is 0 Å². The average Bonchev–Trinajstić information content (AvgIpc) is 2.87. The van der Waals surface area contributed by atoms with Gasteiger partial charge in [0.25, 0.3) is 0 Å². The highest BCUT2D eigenvalue weighted by Crippen LogP contribution is 2.24. The highest BCUT2D eigenvalue weighted by Gasteiger charge is 2.30. The topological polar surface area (TPSA) is 92.8 Å². The number of hydrogen-bond donors (Lipinski definition) is 1. The lowest BCUT2D eigenvalue weighted by molar-refractivity contribution is -0.121. The molecule has 2 aliphatic heterocycles. The number of rotatable bonds is 4. The minimum atomic E-state index is -3.62. The minimum absolute atomic E-state index is 0.117. The van der Waals surface area contributed by atoms with E-state index in [-0.39, 0.29) is 35.6 Å². The van der Waals surface area contributed by atoms with Gasteiger partial charge in [-0.25, -0.2) is 13.1 Å². The van der Waals surface area contributed by atoms with Gasteiger partial charge in [-0.1, -0.05) is 0 Å². The fourth-order valence-corrected chi connectivity index (χ4v) is 4.05. The molecule has 2 aliphatic rings. The number of benzene rings is 1. The van der Waals surface area contributed by atoms with E-state index in [1.165, 1.54) is 24.3 Å². The first kappa shape index (κ1) is 16.1. The predicted molar refractivity (Wildman–Crippen MR) is 82.3 cm³/mol. The zero-order valence-corrected chi connectivity index (χ0v) is 13.3.